The van der Waals surface area contributed by atoms with Crippen LogP contribution < -0.4 is 0 Å². The second kappa shape index (κ2) is 6.50. The second-order valence-electron chi connectivity index (χ2n) is 4.77. The van der Waals surface area contributed by atoms with E-state index >= 15 is 0 Å². The highest BCUT2D eigenvalue weighted by atomic mass is 32.1. The third-order valence-electron chi connectivity index (χ3n) is 3.21. The van der Waals surface area contributed by atoms with Gasteiger partial charge in [0.1, 0.15) is 0 Å². The van der Waals surface area contributed by atoms with Crippen LogP contribution in [0.4, 0.5) is 0 Å². The first-order valence-electron chi connectivity index (χ1n) is 6.27. The lowest BCUT2D eigenvalue weighted by molar-refractivity contribution is 0.0137. The topological polar surface area (TPSA) is 15.7 Å². The highest BCUT2D eigenvalue weighted by molar-refractivity contribution is 7.10. The number of ether oxygens (including phenoxy) is 1. The molecule has 0 radical (unpaired) electrons. The van der Waals surface area contributed by atoms with Crippen molar-refractivity contribution in [1.29, 1.82) is 0 Å². The van der Waals surface area contributed by atoms with Gasteiger partial charge in [-0.2, -0.15) is 0 Å². The van der Waals surface area contributed by atoms with Gasteiger partial charge in [0.05, 0.1) is 13.2 Å². The lowest BCUT2D eigenvalue weighted by atomic mass is 10.1. The van der Waals surface area contributed by atoms with E-state index in [-0.39, 0.29) is 0 Å². The van der Waals surface area contributed by atoms with Crippen LogP contribution in [0.1, 0.15) is 17.3 Å². The van der Waals surface area contributed by atoms with Gasteiger partial charge in [-0.25, -0.2) is 0 Å². The van der Waals surface area contributed by atoms with Crippen molar-refractivity contribution in [2.75, 3.05) is 46.9 Å². The largest absolute Gasteiger partial charge is 0.379 e. The van der Waals surface area contributed by atoms with Crippen LogP contribution in [-0.4, -0.2) is 56.7 Å². The van der Waals surface area contributed by atoms with Crippen molar-refractivity contribution in [2.45, 2.75) is 12.5 Å². The zero-order valence-corrected chi connectivity index (χ0v) is 11.6. The molecule has 1 atom stereocenters. The summed E-state index contributed by atoms with van der Waals surface area (Å²) >= 11 is 1.88. The van der Waals surface area contributed by atoms with Crippen LogP contribution in [0.25, 0.3) is 0 Å². The molecule has 0 aliphatic carbocycles. The van der Waals surface area contributed by atoms with Gasteiger partial charge in [-0.3, -0.25) is 4.90 Å². The van der Waals surface area contributed by atoms with E-state index in [1.165, 1.54) is 11.3 Å². The van der Waals surface area contributed by atoms with Crippen molar-refractivity contribution in [3.63, 3.8) is 0 Å². The number of hydrogen-bond donors (Lipinski definition) is 0. The van der Waals surface area contributed by atoms with Crippen LogP contribution >= 0.6 is 11.3 Å². The molecule has 0 aromatic carbocycles. The third-order valence-corrected chi connectivity index (χ3v) is 4.18. The van der Waals surface area contributed by atoms with Crippen LogP contribution in [-0.2, 0) is 4.74 Å². The van der Waals surface area contributed by atoms with Crippen molar-refractivity contribution < 1.29 is 4.74 Å². The summed E-state index contributed by atoms with van der Waals surface area (Å²) < 4.78 is 5.44. The van der Waals surface area contributed by atoms with Gasteiger partial charge >= 0.3 is 0 Å². The fourth-order valence-corrected chi connectivity index (χ4v) is 3.15. The molecule has 0 N–H and O–H groups in total. The summed E-state index contributed by atoms with van der Waals surface area (Å²) in [5.41, 5.74) is 0. The fourth-order valence-electron chi connectivity index (χ4n) is 2.26. The number of thiophene rings is 1. The first kappa shape index (κ1) is 13.0. The number of hydrogen-bond acceptors (Lipinski definition) is 4. The van der Waals surface area contributed by atoms with Crippen LogP contribution in [0.5, 0.6) is 0 Å². The highest BCUT2D eigenvalue weighted by Crippen LogP contribution is 2.28. The van der Waals surface area contributed by atoms with Crippen molar-refractivity contribution >= 4 is 11.3 Å². The van der Waals surface area contributed by atoms with Crippen molar-refractivity contribution in [1.82, 2.24) is 9.80 Å². The molecule has 4 heteroatoms. The van der Waals surface area contributed by atoms with Gasteiger partial charge in [-0.05, 0) is 38.5 Å². The maximum Gasteiger partial charge on any atom is 0.0594 e. The van der Waals surface area contributed by atoms with Gasteiger partial charge in [-0.15, -0.1) is 11.3 Å². The van der Waals surface area contributed by atoms with Gasteiger partial charge in [0.2, 0.25) is 0 Å². The average molecular weight is 254 g/mol. The minimum Gasteiger partial charge on any atom is -0.379 e. The molecule has 1 aliphatic rings. The molecule has 1 saturated heterocycles. The molecule has 96 valence electrons. The minimum absolute atomic E-state index is 0.571. The van der Waals surface area contributed by atoms with E-state index in [2.05, 4.69) is 41.4 Å². The molecule has 1 fully saturated rings. The summed E-state index contributed by atoms with van der Waals surface area (Å²) in [5, 5.41) is 2.18. The van der Waals surface area contributed by atoms with Crippen LogP contribution in [0.15, 0.2) is 17.5 Å². The summed E-state index contributed by atoms with van der Waals surface area (Å²) in [7, 11) is 4.29. The van der Waals surface area contributed by atoms with E-state index in [1.54, 1.807) is 0 Å². The maximum absolute atomic E-state index is 5.44. The summed E-state index contributed by atoms with van der Waals surface area (Å²) in [4.78, 5) is 6.33. The Balaban J connectivity index is 2.01. The molecule has 2 heterocycles. The zero-order chi connectivity index (χ0) is 12.1. The Kier molecular flexibility index (Phi) is 4.98. The third kappa shape index (κ3) is 3.78. The summed E-state index contributed by atoms with van der Waals surface area (Å²) in [5.74, 6) is 0. The molecule has 17 heavy (non-hydrogen) atoms. The van der Waals surface area contributed by atoms with Gasteiger partial charge in [0.25, 0.3) is 0 Å². The average Bonchev–Trinajstić information content (AvgIpc) is 2.84. The molecule has 1 unspecified atom stereocenters. The first-order valence-corrected chi connectivity index (χ1v) is 7.15. The molecule has 0 spiro atoms. The van der Waals surface area contributed by atoms with Crippen molar-refractivity contribution in [2.24, 2.45) is 0 Å². The molecule has 2 rings (SSSR count). The normalized spacial score (nSPS) is 19.7. The molecule has 0 saturated carbocycles. The molecular formula is C13H22N2OS. The second-order valence-corrected chi connectivity index (χ2v) is 5.75. The monoisotopic (exact) mass is 254 g/mol. The number of nitrogens with zero attached hydrogens (tertiary/aromatic N) is 2. The van der Waals surface area contributed by atoms with Gasteiger partial charge in [-0.1, -0.05) is 6.07 Å². The van der Waals surface area contributed by atoms with E-state index in [0.29, 0.717) is 6.04 Å². The first-order chi connectivity index (χ1) is 8.27. The predicted molar refractivity (Wildman–Crippen MR) is 72.6 cm³/mol. The van der Waals surface area contributed by atoms with E-state index < -0.39 is 0 Å². The predicted octanol–water partition coefficient (Wildman–Crippen LogP) is 2.07. The van der Waals surface area contributed by atoms with Gasteiger partial charge < -0.3 is 9.64 Å². The molecule has 3 nitrogen and oxygen atoms in total. The van der Waals surface area contributed by atoms with Crippen molar-refractivity contribution in [3.05, 3.63) is 22.4 Å². The lowest BCUT2D eigenvalue weighted by Gasteiger charge is -2.34. The Morgan fingerprint density at radius 3 is 2.76 bits per heavy atom. The smallest absolute Gasteiger partial charge is 0.0594 e. The van der Waals surface area contributed by atoms with Crippen LogP contribution in [0, 0.1) is 0 Å². The Hall–Kier alpha value is -0.420. The molecule has 0 bridgehead atoms. The molecule has 1 aliphatic heterocycles. The molecule has 1 aromatic heterocycles. The number of rotatable bonds is 5. The summed E-state index contributed by atoms with van der Waals surface area (Å²) in [6.07, 6.45) is 1.20. The summed E-state index contributed by atoms with van der Waals surface area (Å²) in [6, 6.07) is 4.99. The Morgan fingerprint density at radius 1 is 1.41 bits per heavy atom. The number of morpholine rings is 1. The zero-order valence-electron chi connectivity index (χ0n) is 10.8. The van der Waals surface area contributed by atoms with Crippen LogP contribution in [0.2, 0.25) is 0 Å². The Labute approximate surface area is 108 Å². The summed E-state index contributed by atoms with van der Waals surface area (Å²) in [6.45, 7) is 5.03. The van der Waals surface area contributed by atoms with Crippen molar-refractivity contribution in [3.8, 4) is 0 Å². The molecule has 0 amide bonds. The minimum atomic E-state index is 0.571. The maximum atomic E-state index is 5.44. The standard InChI is InChI=1S/C13H22N2OS/c1-14(2)6-5-12(13-4-3-11-17-13)15-7-9-16-10-8-15/h3-4,11-12H,5-10H2,1-2H3. The van der Waals surface area contributed by atoms with Gasteiger partial charge in [0, 0.05) is 24.0 Å². The Morgan fingerprint density at radius 2 is 2.18 bits per heavy atom. The molecule has 1 aromatic rings. The van der Waals surface area contributed by atoms with E-state index in [0.717, 1.165) is 32.8 Å². The SMILES string of the molecule is CN(C)CCC(c1cccs1)N1CCOCC1. The fraction of sp³-hybridized carbons (Fsp3) is 0.692. The molecular weight excluding hydrogens is 232 g/mol. The van der Waals surface area contributed by atoms with E-state index in [1.807, 2.05) is 11.3 Å². The lowest BCUT2D eigenvalue weighted by Crippen LogP contribution is -2.39. The Bertz CT molecular complexity index is 307. The van der Waals surface area contributed by atoms with E-state index in [4.69, 9.17) is 4.74 Å². The van der Waals surface area contributed by atoms with Gasteiger partial charge in [0.15, 0.2) is 0 Å². The highest BCUT2D eigenvalue weighted by Gasteiger charge is 2.23. The van der Waals surface area contributed by atoms with Crippen LogP contribution in [0.3, 0.4) is 0 Å². The quantitative estimate of drug-likeness (QED) is 0.800. The van der Waals surface area contributed by atoms with E-state index in [9.17, 15) is 0 Å².